The maximum atomic E-state index is 3.92. The Hall–Kier alpha value is -0.123. The predicted octanol–water partition coefficient (Wildman–Crippen LogP) is 2.01. The molecule has 17 heavy (non-hydrogen) atoms. The van der Waals surface area contributed by atoms with Crippen LogP contribution in [-0.4, -0.2) is 51.3 Å². The first-order valence-electron chi connectivity index (χ1n) is 7.51. The van der Waals surface area contributed by atoms with Crippen molar-refractivity contribution in [3.63, 3.8) is 0 Å². The fourth-order valence-electron chi connectivity index (χ4n) is 3.30. The summed E-state index contributed by atoms with van der Waals surface area (Å²) in [7, 11) is -0.0306. The molecule has 98 valence electrons. The van der Waals surface area contributed by atoms with Gasteiger partial charge in [-0.25, -0.2) is 0 Å². The normalized spacial score (nSPS) is 24.8. The van der Waals surface area contributed by atoms with Crippen LogP contribution < -0.4 is 0 Å². The minimum Gasteiger partial charge on any atom is -0.291 e. The fraction of sp³-hybridized carbons (Fsp3) is 0.857. The van der Waals surface area contributed by atoms with Crippen LogP contribution in [0.25, 0.3) is 0 Å². The van der Waals surface area contributed by atoms with Crippen LogP contribution in [0.15, 0.2) is 12.7 Å². The molecule has 0 aromatic heterocycles. The number of hydrogen-bond acceptors (Lipinski definition) is 2. The minimum absolute atomic E-state index is 0.0306. The van der Waals surface area contributed by atoms with Crippen LogP contribution >= 0.6 is 0 Å². The van der Waals surface area contributed by atoms with E-state index in [2.05, 4.69) is 22.5 Å². The Morgan fingerprint density at radius 3 is 1.76 bits per heavy atom. The summed E-state index contributed by atoms with van der Waals surface area (Å²) >= 11 is 0. The number of likely N-dealkylation sites (tertiary alicyclic amines) is 2. The number of hydrogen-bond donors (Lipinski definition) is 0. The first kappa shape index (κ1) is 13.3. The van der Waals surface area contributed by atoms with Crippen molar-refractivity contribution in [2.45, 2.75) is 50.4 Å². The molecule has 0 radical (unpaired) electrons. The van der Waals surface area contributed by atoms with E-state index >= 15 is 0 Å². The molecule has 0 N–H and O–H groups in total. The van der Waals surface area contributed by atoms with E-state index in [1.807, 2.05) is 0 Å². The molecule has 2 fully saturated rings. The Labute approximate surface area is 109 Å². The molecule has 0 aromatic carbocycles. The smallest absolute Gasteiger partial charge is 0.0629 e. The van der Waals surface area contributed by atoms with Crippen molar-refractivity contribution in [3.05, 3.63) is 12.7 Å². The van der Waals surface area contributed by atoms with Crippen molar-refractivity contribution >= 4 is 9.52 Å². The van der Waals surface area contributed by atoms with Gasteiger partial charge in [0, 0.05) is 5.79 Å². The van der Waals surface area contributed by atoms with E-state index in [-0.39, 0.29) is 9.52 Å². The lowest BCUT2D eigenvalue weighted by atomic mass is 10.1. The molecule has 0 unspecified atom stereocenters. The monoisotopic (exact) mass is 252 g/mol. The standard InChI is InChI=1S/C14H28N2Si/c1-2-13-17-14(15-9-5-3-6-10-15)16-11-7-4-8-12-16/h2,14H,1,3-13,17H2. The largest absolute Gasteiger partial charge is 0.291 e. The Bertz CT molecular complexity index is 202. The summed E-state index contributed by atoms with van der Waals surface area (Å²) in [5.74, 6) is 0.841. The first-order chi connectivity index (χ1) is 8.42. The lowest BCUT2D eigenvalue weighted by Crippen LogP contribution is -2.54. The van der Waals surface area contributed by atoms with Gasteiger partial charge in [-0.1, -0.05) is 18.9 Å². The molecule has 2 rings (SSSR count). The average molecular weight is 252 g/mol. The zero-order valence-corrected chi connectivity index (χ0v) is 12.7. The molecular formula is C14H28N2Si. The van der Waals surface area contributed by atoms with Crippen LogP contribution in [0.1, 0.15) is 38.5 Å². The highest BCUT2D eigenvalue weighted by atomic mass is 28.2. The molecule has 0 saturated carbocycles. The maximum Gasteiger partial charge on any atom is 0.0629 e. The Kier molecular flexibility index (Phi) is 5.75. The lowest BCUT2D eigenvalue weighted by molar-refractivity contribution is 0.0662. The van der Waals surface area contributed by atoms with Gasteiger partial charge < -0.3 is 0 Å². The summed E-state index contributed by atoms with van der Waals surface area (Å²) in [6.07, 6.45) is 10.7. The third-order valence-corrected chi connectivity index (χ3v) is 6.54. The zero-order valence-electron chi connectivity index (χ0n) is 11.2. The predicted molar refractivity (Wildman–Crippen MR) is 78.2 cm³/mol. The molecule has 0 amide bonds. The van der Waals surface area contributed by atoms with Crippen molar-refractivity contribution in [3.8, 4) is 0 Å². The summed E-state index contributed by atoms with van der Waals surface area (Å²) in [5, 5.41) is 0. The van der Waals surface area contributed by atoms with Crippen molar-refractivity contribution in [1.29, 1.82) is 0 Å². The van der Waals surface area contributed by atoms with E-state index in [0.29, 0.717) is 0 Å². The molecule has 0 bridgehead atoms. The zero-order chi connectivity index (χ0) is 11.9. The second kappa shape index (κ2) is 7.34. The third-order valence-electron chi connectivity index (χ3n) is 4.25. The quantitative estimate of drug-likeness (QED) is 0.545. The number of allylic oxidation sites excluding steroid dienone is 1. The number of rotatable bonds is 5. The summed E-state index contributed by atoms with van der Waals surface area (Å²) in [6.45, 7) is 9.33. The SMILES string of the molecule is C=CC[SiH2]C(N1CCCCC1)N1CCCCC1. The van der Waals surface area contributed by atoms with Crippen LogP contribution in [0.2, 0.25) is 6.04 Å². The lowest BCUT2D eigenvalue weighted by Gasteiger charge is -2.43. The van der Waals surface area contributed by atoms with E-state index in [9.17, 15) is 0 Å². The van der Waals surface area contributed by atoms with Crippen LogP contribution in [0.3, 0.4) is 0 Å². The van der Waals surface area contributed by atoms with Gasteiger partial charge in [-0.2, -0.15) is 0 Å². The van der Waals surface area contributed by atoms with Crippen LogP contribution in [0.4, 0.5) is 0 Å². The van der Waals surface area contributed by atoms with Gasteiger partial charge in [0.25, 0.3) is 0 Å². The first-order valence-corrected chi connectivity index (χ1v) is 9.32. The molecule has 3 heteroatoms. The van der Waals surface area contributed by atoms with Gasteiger partial charge in [0.1, 0.15) is 0 Å². The second-order valence-electron chi connectivity index (χ2n) is 5.54. The molecule has 0 aliphatic carbocycles. The minimum atomic E-state index is -0.0306. The summed E-state index contributed by atoms with van der Waals surface area (Å²) < 4.78 is 0. The topological polar surface area (TPSA) is 6.48 Å². The summed E-state index contributed by atoms with van der Waals surface area (Å²) in [5.41, 5.74) is 0. The highest BCUT2D eigenvalue weighted by Crippen LogP contribution is 2.19. The molecule has 0 atom stereocenters. The van der Waals surface area contributed by atoms with Gasteiger partial charge in [0.15, 0.2) is 0 Å². The van der Waals surface area contributed by atoms with Gasteiger partial charge in [-0.3, -0.25) is 9.80 Å². The van der Waals surface area contributed by atoms with Gasteiger partial charge in [-0.15, -0.1) is 6.58 Å². The van der Waals surface area contributed by atoms with Crippen LogP contribution in [0.5, 0.6) is 0 Å². The van der Waals surface area contributed by atoms with E-state index < -0.39 is 0 Å². The Balaban J connectivity index is 1.92. The van der Waals surface area contributed by atoms with Crippen molar-refractivity contribution in [1.82, 2.24) is 9.80 Å². The fourth-order valence-corrected chi connectivity index (χ4v) is 5.29. The molecule has 2 nitrogen and oxygen atoms in total. The Morgan fingerprint density at radius 2 is 1.35 bits per heavy atom. The molecular weight excluding hydrogens is 224 g/mol. The van der Waals surface area contributed by atoms with E-state index in [4.69, 9.17) is 0 Å². The van der Waals surface area contributed by atoms with Crippen LogP contribution in [0, 0.1) is 0 Å². The van der Waals surface area contributed by atoms with Gasteiger partial charge in [0.2, 0.25) is 0 Å². The van der Waals surface area contributed by atoms with Crippen molar-refractivity contribution < 1.29 is 0 Å². The molecule has 2 heterocycles. The highest BCUT2D eigenvalue weighted by Gasteiger charge is 2.26. The number of piperidine rings is 2. The highest BCUT2D eigenvalue weighted by molar-refractivity contribution is 6.38. The molecule has 2 saturated heterocycles. The summed E-state index contributed by atoms with van der Waals surface area (Å²) in [6, 6.07) is 1.30. The van der Waals surface area contributed by atoms with Gasteiger partial charge in [0.05, 0.1) is 9.52 Å². The molecule has 2 aliphatic heterocycles. The van der Waals surface area contributed by atoms with Gasteiger partial charge in [-0.05, 0) is 57.9 Å². The molecule has 2 aliphatic rings. The van der Waals surface area contributed by atoms with Gasteiger partial charge >= 0.3 is 0 Å². The number of nitrogens with zero attached hydrogens (tertiary/aromatic N) is 2. The van der Waals surface area contributed by atoms with E-state index in [1.165, 1.54) is 70.7 Å². The average Bonchev–Trinajstić information content (AvgIpc) is 2.42. The maximum absolute atomic E-state index is 3.92. The second-order valence-corrected chi connectivity index (χ2v) is 7.42. The van der Waals surface area contributed by atoms with Crippen LogP contribution in [-0.2, 0) is 0 Å². The molecule has 0 spiro atoms. The van der Waals surface area contributed by atoms with E-state index in [1.54, 1.807) is 0 Å². The summed E-state index contributed by atoms with van der Waals surface area (Å²) in [4.78, 5) is 5.59. The Morgan fingerprint density at radius 1 is 0.882 bits per heavy atom. The molecule has 0 aromatic rings. The van der Waals surface area contributed by atoms with E-state index in [0.717, 1.165) is 5.79 Å². The van der Waals surface area contributed by atoms with Crippen molar-refractivity contribution in [2.24, 2.45) is 0 Å². The third kappa shape index (κ3) is 3.93. The van der Waals surface area contributed by atoms with Crippen molar-refractivity contribution in [2.75, 3.05) is 26.2 Å².